The quantitative estimate of drug-likeness (QED) is 0.0321. The molecule has 3 N–H and O–H groups in total. The van der Waals surface area contributed by atoms with E-state index < -0.39 is 12.1 Å². The van der Waals surface area contributed by atoms with Crippen LogP contribution in [0.15, 0.2) is 36.5 Å². The molecule has 0 aliphatic rings. The number of hydrogen-bond donors (Lipinski definition) is 3. The number of aliphatic hydroxyl groups excluding tert-OH is 2. The molecule has 394 valence electrons. The Labute approximate surface area is 417 Å². The van der Waals surface area contributed by atoms with Crippen LogP contribution >= 0.6 is 0 Å². The topological polar surface area (TPSA) is 95.9 Å². The predicted molar refractivity (Wildman–Crippen MR) is 292 cm³/mol. The van der Waals surface area contributed by atoms with E-state index in [1.54, 1.807) is 0 Å². The molecule has 0 fully saturated rings. The first-order valence-electron chi connectivity index (χ1n) is 29.7. The zero-order valence-electron chi connectivity index (χ0n) is 44.9. The molecule has 0 rings (SSSR count). The molecule has 2 atom stereocenters. The molecule has 0 heterocycles. The summed E-state index contributed by atoms with van der Waals surface area (Å²) in [5.74, 6) is -0.138. The highest BCUT2D eigenvalue weighted by molar-refractivity contribution is 5.76. The summed E-state index contributed by atoms with van der Waals surface area (Å²) < 4.78 is 5.46. The molecule has 0 saturated heterocycles. The Balaban J connectivity index is 3.53. The van der Waals surface area contributed by atoms with E-state index in [1.807, 2.05) is 6.08 Å². The Morgan fingerprint density at radius 2 is 0.761 bits per heavy atom. The lowest BCUT2D eigenvalue weighted by Crippen LogP contribution is -2.45. The van der Waals surface area contributed by atoms with E-state index in [0.717, 1.165) is 51.4 Å². The Morgan fingerprint density at radius 1 is 0.418 bits per heavy atom. The number of ether oxygens (including phenoxy) is 1. The smallest absolute Gasteiger partial charge is 0.305 e. The van der Waals surface area contributed by atoms with Gasteiger partial charge in [-0.25, -0.2) is 0 Å². The molecular weight excluding hydrogens is 827 g/mol. The lowest BCUT2D eigenvalue weighted by Gasteiger charge is -2.22. The summed E-state index contributed by atoms with van der Waals surface area (Å²) in [5, 5.41) is 23.3. The van der Waals surface area contributed by atoms with E-state index in [9.17, 15) is 19.8 Å². The third-order valence-corrected chi connectivity index (χ3v) is 13.7. The minimum absolute atomic E-state index is 0.0245. The van der Waals surface area contributed by atoms with Crippen molar-refractivity contribution in [1.29, 1.82) is 0 Å². The van der Waals surface area contributed by atoms with Crippen LogP contribution in [0.2, 0.25) is 0 Å². The van der Waals surface area contributed by atoms with Crippen molar-refractivity contribution in [3.63, 3.8) is 0 Å². The second kappa shape index (κ2) is 56.7. The van der Waals surface area contributed by atoms with Gasteiger partial charge in [-0.3, -0.25) is 9.59 Å². The van der Waals surface area contributed by atoms with Gasteiger partial charge in [-0.15, -0.1) is 0 Å². The molecule has 0 aliphatic carbocycles. The van der Waals surface area contributed by atoms with Gasteiger partial charge < -0.3 is 20.3 Å². The number of esters is 1. The average molecular weight is 943 g/mol. The lowest BCUT2D eigenvalue weighted by molar-refractivity contribution is -0.143. The Bertz CT molecular complexity index is 1090. The summed E-state index contributed by atoms with van der Waals surface area (Å²) in [5.41, 5.74) is 0. The molecule has 0 spiro atoms. The first-order valence-corrected chi connectivity index (χ1v) is 29.7. The maximum Gasteiger partial charge on any atom is 0.305 e. The maximum atomic E-state index is 12.5. The van der Waals surface area contributed by atoms with E-state index in [-0.39, 0.29) is 18.5 Å². The molecule has 0 bridgehead atoms. The number of carbonyl (C=O) groups excluding carboxylic acids is 2. The van der Waals surface area contributed by atoms with Crippen LogP contribution in [-0.4, -0.2) is 47.4 Å². The average Bonchev–Trinajstić information content (AvgIpc) is 3.33. The molecule has 67 heavy (non-hydrogen) atoms. The number of aliphatic hydroxyl groups is 2. The molecule has 6 heteroatoms. The zero-order valence-corrected chi connectivity index (χ0v) is 44.9. The maximum absolute atomic E-state index is 12.5. The van der Waals surface area contributed by atoms with Gasteiger partial charge in [0, 0.05) is 12.8 Å². The zero-order chi connectivity index (χ0) is 48.6. The van der Waals surface area contributed by atoms with Gasteiger partial charge in [0.25, 0.3) is 0 Å². The van der Waals surface area contributed by atoms with Crippen molar-refractivity contribution in [1.82, 2.24) is 5.32 Å². The minimum atomic E-state index is -0.701. The predicted octanol–water partition coefficient (Wildman–Crippen LogP) is 18.4. The van der Waals surface area contributed by atoms with Crippen molar-refractivity contribution in [2.75, 3.05) is 13.2 Å². The van der Waals surface area contributed by atoms with Crippen LogP contribution in [0.3, 0.4) is 0 Å². The van der Waals surface area contributed by atoms with Crippen molar-refractivity contribution in [3.8, 4) is 0 Å². The number of allylic oxidation sites excluding steroid dienone is 6. The summed E-state index contributed by atoms with van der Waals surface area (Å²) in [6.07, 6.45) is 70.1. The second-order valence-corrected chi connectivity index (χ2v) is 20.3. The molecule has 0 radical (unpaired) electrons. The fraction of sp³-hybridized carbons (Fsp3) is 0.869. The van der Waals surface area contributed by atoms with E-state index in [4.69, 9.17) is 4.74 Å². The highest BCUT2D eigenvalue weighted by Crippen LogP contribution is 2.17. The summed E-state index contributed by atoms with van der Waals surface area (Å²) in [6.45, 7) is 4.90. The second-order valence-electron chi connectivity index (χ2n) is 20.3. The molecule has 0 aromatic carbocycles. The van der Waals surface area contributed by atoms with E-state index in [1.165, 1.54) is 225 Å². The summed E-state index contributed by atoms with van der Waals surface area (Å²) in [6, 6.07) is -0.587. The van der Waals surface area contributed by atoms with E-state index in [0.29, 0.717) is 32.3 Å². The fourth-order valence-electron chi connectivity index (χ4n) is 9.10. The van der Waals surface area contributed by atoms with Gasteiger partial charge in [-0.1, -0.05) is 269 Å². The molecule has 2 unspecified atom stereocenters. The normalized spacial score (nSPS) is 12.8. The summed E-state index contributed by atoms with van der Waals surface area (Å²) in [7, 11) is 0. The number of carbonyl (C=O) groups is 2. The summed E-state index contributed by atoms with van der Waals surface area (Å²) in [4.78, 5) is 24.5. The number of unbranched alkanes of at least 4 members (excludes halogenated alkanes) is 38. The van der Waals surface area contributed by atoms with E-state index in [2.05, 4.69) is 49.5 Å². The Hall–Kier alpha value is -1.92. The lowest BCUT2D eigenvalue weighted by atomic mass is 10.0. The van der Waals surface area contributed by atoms with Gasteiger partial charge in [0.2, 0.25) is 5.91 Å². The van der Waals surface area contributed by atoms with Crippen LogP contribution in [0.25, 0.3) is 0 Å². The number of nitrogens with one attached hydrogen (secondary N) is 1. The standard InChI is InChI=1S/C61H115NO5/c1-3-5-7-9-11-13-15-17-19-20-21-22-23-24-25-27-29-33-37-41-45-49-53-59(64)58(57-63)62-60(65)54-50-46-42-38-34-30-28-32-36-40-44-48-52-56-67-61(66)55-51-47-43-39-35-31-26-18-16-14-12-10-8-6-4-2/h18,26,30,34,42,46,58-59,63-64H,3-17,19-25,27-29,31-33,35-41,43-45,47-57H2,1-2H3,(H,62,65)/b26-18-,34-30-,46-42-. The van der Waals surface area contributed by atoms with Gasteiger partial charge in [-0.05, 0) is 70.6 Å². The number of amides is 1. The van der Waals surface area contributed by atoms with Gasteiger partial charge in [-0.2, -0.15) is 0 Å². The van der Waals surface area contributed by atoms with Gasteiger partial charge in [0.05, 0.1) is 25.4 Å². The third-order valence-electron chi connectivity index (χ3n) is 13.7. The van der Waals surface area contributed by atoms with Crippen LogP contribution in [0.5, 0.6) is 0 Å². The fourth-order valence-corrected chi connectivity index (χ4v) is 9.10. The molecule has 0 aromatic heterocycles. The highest BCUT2D eigenvalue weighted by Gasteiger charge is 2.19. The van der Waals surface area contributed by atoms with Crippen LogP contribution in [0, 0.1) is 0 Å². The Morgan fingerprint density at radius 3 is 1.18 bits per heavy atom. The van der Waals surface area contributed by atoms with Crippen molar-refractivity contribution in [2.24, 2.45) is 0 Å². The molecule has 0 aromatic rings. The highest BCUT2D eigenvalue weighted by atomic mass is 16.5. The van der Waals surface area contributed by atoms with Crippen LogP contribution in [0.4, 0.5) is 0 Å². The van der Waals surface area contributed by atoms with E-state index >= 15 is 0 Å². The first-order chi connectivity index (χ1) is 33.0. The van der Waals surface area contributed by atoms with Crippen molar-refractivity contribution in [2.45, 2.75) is 328 Å². The summed E-state index contributed by atoms with van der Waals surface area (Å²) >= 11 is 0. The van der Waals surface area contributed by atoms with Crippen LogP contribution in [0.1, 0.15) is 316 Å². The number of hydrogen-bond acceptors (Lipinski definition) is 5. The number of rotatable bonds is 55. The van der Waals surface area contributed by atoms with Gasteiger partial charge in [0.15, 0.2) is 0 Å². The molecular formula is C61H115NO5. The molecule has 0 saturated carbocycles. The monoisotopic (exact) mass is 942 g/mol. The Kier molecular flexibility index (Phi) is 55.0. The van der Waals surface area contributed by atoms with Gasteiger partial charge in [0.1, 0.15) is 0 Å². The van der Waals surface area contributed by atoms with Crippen molar-refractivity contribution < 1.29 is 24.5 Å². The minimum Gasteiger partial charge on any atom is -0.466 e. The van der Waals surface area contributed by atoms with Crippen LogP contribution in [-0.2, 0) is 14.3 Å². The first kappa shape index (κ1) is 65.1. The van der Waals surface area contributed by atoms with Gasteiger partial charge >= 0.3 is 5.97 Å². The SMILES string of the molecule is CCCCCCCC/C=C\CCCCCCCC(=O)OCCCCCCCC/C=C\C/C=C\CCC(=O)NC(CO)C(O)CCCCCCCCCCCCCCCCCCCCCCCC. The largest absolute Gasteiger partial charge is 0.466 e. The molecule has 1 amide bonds. The molecule has 6 nitrogen and oxygen atoms in total. The van der Waals surface area contributed by atoms with Crippen molar-refractivity contribution >= 4 is 11.9 Å². The van der Waals surface area contributed by atoms with Crippen LogP contribution < -0.4 is 5.32 Å². The molecule has 0 aliphatic heterocycles. The van der Waals surface area contributed by atoms with Crippen molar-refractivity contribution in [3.05, 3.63) is 36.5 Å². The third kappa shape index (κ3) is 53.3.